The summed E-state index contributed by atoms with van der Waals surface area (Å²) in [6.07, 6.45) is 0. The zero-order chi connectivity index (χ0) is 20.5. The lowest BCUT2D eigenvalue weighted by Crippen LogP contribution is -2.16. The molecule has 4 rings (SSSR count). The van der Waals surface area contributed by atoms with Crippen LogP contribution < -0.4 is 21.9 Å². The van der Waals surface area contributed by atoms with Crippen molar-refractivity contribution < 1.29 is 9.90 Å². The number of hydrogen-bond donors (Lipinski definition) is 3. The molecule has 0 atom stereocenters. The van der Waals surface area contributed by atoms with Crippen molar-refractivity contribution in [2.24, 2.45) is 0 Å². The van der Waals surface area contributed by atoms with E-state index in [9.17, 15) is 14.7 Å². The Kier molecular flexibility index (Phi) is 5.91. The number of benzene rings is 2. The van der Waals surface area contributed by atoms with Crippen LogP contribution in [0.3, 0.4) is 0 Å². The number of rotatable bonds is 5. The number of anilines is 3. The van der Waals surface area contributed by atoms with Crippen LogP contribution in [0.5, 0.6) is 0 Å². The number of nitrogens with one attached hydrogen (secondary N) is 1. The van der Waals surface area contributed by atoms with Gasteiger partial charge in [-0.2, -0.15) is 0 Å². The molecule has 30 heavy (non-hydrogen) atoms. The first kappa shape index (κ1) is 21.1. The van der Waals surface area contributed by atoms with Crippen molar-refractivity contribution in [1.82, 2.24) is 10.7 Å². The van der Waals surface area contributed by atoms with Gasteiger partial charge in [-0.05, 0) is 42.5 Å². The highest BCUT2D eigenvalue weighted by molar-refractivity contribution is 7.21. The van der Waals surface area contributed by atoms with E-state index in [1.807, 2.05) is 73.6 Å². The number of fused-ring (bicyclic) bond motifs is 1. The van der Waals surface area contributed by atoms with E-state index in [1.165, 1.54) is 6.07 Å². The molecule has 0 aliphatic heterocycles. The molecule has 0 fully saturated rings. The molecule has 0 saturated heterocycles. The second-order valence-corrected chi connectivity index (χ2v) is 7.74. The first-order chi connectivity index (χ1) is 14.0. The number of carboxylic acid groups (broad SMARTS) is 1. The second kappa shape index (κ2) is 8.40. The number of thiophene rings is 1. The van der Waals surface area contributed by atoms with Crippen LogP contribution in [-0.4, -0.2) is 29.7 Å². The summed E-state index contributed by atoms with van der Waals surface area (Å²) in [5, 5.41) is 13.6. The Morgan fingerprint density at radius 1 is 1.00 bits per heavy atom. The number of nitrogens with zero attached hydrogens (tertiary/aromatic N) is 2. The van der Waals surface area contributed by atoms with Gasteiger partial charge in [0.05, 0.1) is 11.4 Å². The molecule has 0 spiro atoms. The van der Waals surface area contributed by atoms with Gasteiger partial charge in [0.15, 0.2) is 0 Å². The quantitative estimate of drug-likeness (QED) is 0.429. The molecule has 0 amide bonds. The maximum absolute atomic E-state index is 12.7. The third-order valence-corrected chi connectivity index (χ3v) is 5.78. The molecule has 2 aromatic heterocycles. The van der Waals surface area contributed by atoms with E-state index in [4.69, 9.17) is 0 Å². The van der Waals surface area contributed by atoms with Crippen LogP contribution in [0.4, 0.5) is 17.1 Å². The summed E-state index contributed by atoms with van der Waals surface area (Å²) in [4.78, 5) is 27.3. The fourth-order valence-corrected chi connectivity index (χ4v) is 4.28. The van der Waals surface area contributed by atoms with Crippen molar-refractivity contribution >= 4 is 44.6 Å². The normalized spacial score (nSPS) is 10.5. The molecule has 7 nitrogen and oxygen atoms in total. The van der Waals surface area contributed by atoms with Crippen LogP contribution in [-0.2, 0) is 0 Å². The summed E-state index contributed by atoms with van der Waals surface area (Å²) in [5.74, 6) is -1.04. The minimum atomic E-state index is -1.04. The van der Waals surface area contributed by atoms with E-state index in [0.29, 0.717) is 21.6 Å². The number of pyridine rings is 1. The highest BCUT2D eigenvalue weighted by Gasteiger charge is 2.21. The van der Waals surface area contributed by atoms with Gasteiger partial charge in [0.1, 0.15) is 9.71 Å². The van der Waals surface area contributed by atoms with Crippen molar-refractivity contribution in [2.75, 3.05) is 24.3 Å². The third kappa shape index (κ3) is 3.78. The SMILES string of the molecule is CN(C)c1ccc(-n2c(=O)ccc3c(Nc4ccccc4)c(C(=O)O)sc32)cc1.N. The van der Waals surface area contributed by atoms with E-state index in [-0.39, 0.29) is 16.6 Å². The number of carboxylic acids is 1. The second-order valence-electron chi connectivity index (χ2n) is 6.74. The lowest BCUT2D eigenvalue weighted by atomic mass is 10.2. The monoisotopic (exact) mass is 422 g/mol. The topological polar surface area (TPSA) is 110 Å². The lowest BCUT2D eigenvalue weighted by molar-refractivity contribution is 0.0703. The van der Waals surface area contributed by atoms with E-state index in [2.05, 4.69) is 5.32 Å². The first-order valence-corrected chi connectivity index (χ1v) is 9.79. The number of hydrogen-bond acceptors (Lipinski definition) is 6. The van der Waals surface area contributed by atoms with Crippen molar-refractivity contribution in [3.63, 3.8) is 0 Å². The van der Waals surface area contributed by atoms with Crippen LogP contribution in [0.2, 0.25) is 0 Å². The molecule has 5 N–H and O–H groups in total. The van der Waals surface area contributed by atoms with Gasteiger partial charge < -0.3 is 21.5 Å². The van der Waals surface area contributed by atoms with Gasteiger partial charge in [0, 0.05) is 36.9 Å². The van der Waals surface area contributed by atoms with Crippen molar-refractivity contribution in [3.8, 4) is 5.69 Å². The molecule has 2 aromatic carbocycles. The Morgan fingerprint density at radius 2 is 1.67 bits per heavy atom. The summed E-state index contributed by atoms with van der Waals surface area (Å²) in [5.41, 5.74) is 2.76. The largest absolute Gasteiger partial charge is 0.477 e. The summed E-state index contributed by atoms with van der Waals surface area (Å²) in [7, 11) is 3.89. The fraction of sp³-hybridized carbons (Fsp3) is 0.0909. The third-order valence-electron chi connectivity index (χ3n) is 4.60. The van der Waals surface area contributed by atoms with E-state index in [1.54, 1.807) is 10.6 Å². The molecule has 4 aromatic rings. The summed E-state index contributed by atoms with van der Waals surface area (Å²) < 4.78 is 1.56. The van der Waals surface area contributed by atoms with E-state index >= 15 is 0 Å². The maximum Gasteiger partial charge on any atom is 0.348 e. The van der Waals surface area contributed by atoms with Gasteiger partial charge in [-0.25, -0.2) is 4.79 Å². The minimum Gasteiger partial charge on any atom is -0.477 e. The predicted octanol–water partition coefficient (Wildman–Crippen LogP) is 4.72. The average molecular weight is 423 g/mol. The first-order valence-electron chi connectivity index (χ1n) is 8.97. The minimum absolute atomic E-state index is 0. The van der Waals surface area contributed by atoms with Gasteiger partial charge in [-0.1, -0.05) is 18.2 Å². The molecule has 0 saturated carbocycles. The fourth-order valence-electron chi connectivity index (χ4n) is 3.17. The molecule has 0 aliphatic carbocycles. The van der Waals surface area contributed by atoms with Gasteiger partial charge in [0.2, 0.25) is 0 Å². The number of aromatic carboxylic acids is 1. The molecular formula is C22H22N4O3S. The average Bonchev–Trinajstić information content (AvgIpc) is 3.07. The van der Waals surface area contributed by atoms with Crippen LogP contribution in [0.1, 0.15) is 9.67 Å². The zero-order valence-corrected chi connectivity index (χ0v) is 17.4. The van der Waals surface area contributed by atoms with Crippen molar-refractivity contribution in [1.29, 1.82) is 0 Å². The number of carbonyl (C=O) groups is 1. The highest BCUT2D eigenvalue weighted by Crippen LogP contribution is 2.38. The smallest absolute Gasteiger partial charge is 0.348 e. The summed E-state index contributed by atoms with van der Waals surface area (Å²) >= 11 is 1.09. The highest BCUT2D eigenvalue weighted by atomic mass is 32.1. The van der Waals surface area contributed by atoms with Gasteiger partial charge in [0.25, 0.3) is 5.56 Å². The van der Waals surface area contributed by atoms with Crippen LogP contribution >= 0.6 is 11.3 Å². The van der Waals surface area contributed by atoms with Gasteiger partial charge >= 0.3 is 5.97 Å². The van der Waals surface area contributed by atoms with Crippen LogP contribution in [0.25, 0.3) is 15.9 Å². The predicted molar refractivity (Wildman–Crippen MR) is 123 cm³/mol. The maximum atomic E-state index is 12.7. The standard InChI is InChI=1S/C22H19N3O3S.H3N/c1-24(2)15-8-10-16(11-9-15)25-18(26)13-12-17-19(20(22(27)28)29-21(17)25)23-14-6-4-3-5-7-14;/h3-13,23H,1-2H3,(H,27,28);1H3. The summed E-state index contributed by atoms with van der Waals surface area (Å²) in [6, 6.07) is 20.1. The number of para-hydroxylation sites is 1. The Labute approximate surface area is 177 Å². The Bertz CT molecular complexity index is 1250. The zero-order valence-electron chi connectivity index (χ0n) is 16.6. The lowest BCUT2D eigenvalue weighted by Gasteiger charge is -2.14. The van der Waals surface area contributed by atoms with Gasteiger partial charge in [-0.3, -0.25) is 9.36 Å². The van der Waals surface area contributed by atoms with Crippen LogP contribution in [0.15, 0.2) is 71.5 Å². The molecule has 0 unspecified atom stereocenters. The van der Waals surface area contributed by atoms with Crippen molar-refractivity contribution in [2.45, 2.75) is 0 Å². The van der Waals surface area contributed by atoms with Crippen molar-refractivity contribution in [3.05, 3.63) is 82.0 Å². The van der Waals surface area contributed by atoms with Crippen LogP contribution in [0, 0.1) is 0 Å². The molecule has 154 valence electrons. The molecule has 0 bridgehead atoms. The Balaban J connectivity index is 0.00000256. The van der Waals surface area contributed by atoms with Gasteiger partial charge in [-0.15, -0.1) is 11.3 Å². The van der Waals surface area contributed by atoms with E-state index in [0.717, 1.165) is 22.7 Å². The molecule has 0 aliphatic rings. The molecule has 2 heterocycles. The Hall–Kier alpha value is -3.62. The Morgan fingerprint density at radius 3 is 2.27 bits per heavy atom. The molecule has 0 radical (unpaired) electrons. The van der Waals surface area contributed by atoms with E-state index < -0.39 is 5.97 Å². The molecular weight excluding hydrogens is 400 g/mol. The number of aromatic nitrogens is 1. The molecule has 8 heteroatoms. The summed E-state index contributed by atoms with van der Waals surface area (Å²) in [6.45, 7) is 0.